The Balaban J connectivity index is 2.10. The van der Waals surface area contributed by atoms with Crippen molar-refractivity contribution in [3.8, 4) is 11.9 Å². The standard InChI is InChI=1S/C25H36N4O6/c1-7-9-15-17(24(34)29(27-15)25(3,4)5)19-20(30)18(21(19)31)16-13(2)14(12-26)22(32)28(23(16)33)10-8-11-35-6/h18-21,27,30-31,33H,7-11H2,1-6H3. The lowest BCUT2D eigenvalue weighted by molar-refractivity contribution is -0.0804. The Morgan fingerprint density at radius 2 is 1.71 bits per heavy atom. The van der Waals surface area contributed by atoms with Crippen LogP contribution >= 0.6 is 0 Å². The maximum absolute atomic E-state index is 13.3. The summed E-state index contributed by atoms with van der Waals surface area (Å²) in [5.41, 5.74) is -0.238. The van der Waals surface area contributed by atoms with Gasteiger partial charge in [0.2, 0.25) is 0 Å². The number of ether oxygens (including phenoxy) is 1. The molecule has 1 aliphatic rings. The summed E-state index contributed by atoms with van der Waals surface area (Å²) in [6, 6.07) is 1.90. The van der Waals surface area contributed by atoms with Crippen LogP contribution in [0.15, 0.2) is 9.59 Å². The van der Waals surface area contributed by atoms with Gasteiger partial charge in [-0.3, -0.25) is 19.3 Å². The zero-order valence-electron chi connectivity index (χ0n) is 21.3. The van der Waals surface area contributed by atoms with E-state index in [1.54, 1.807) is 0 Å². The van der Waals surface area contributed by atoms with Gasteiger partial charge >= 0.3 is 0 Å². The molecular formula is C25H36N4O6. The number of hydrogen-bond acceptors (Lipinski definition) is 7. The van der Waals surface area contributed by atoms with Crippen molar-refractivity contribution in [3.63, 3.8) is 0 Å². The molecule has 2 unspecified atom stereocenters. The first-order chi connectivity index (χ1) is 16.4. The van der Waals surface area contributed by atoms with E-state index in [1.165, 1.54) is 18.7 Å². The number of methoxy groups -OCH3 is 1. The van der Waals surface area contributed by atoms with Crippen LogP contribution in [0.25, 0.3) is 0 Å². The van der Waals surface area contributed by atoms with Gasteiger partial charge in [0.05, 0.1) is 17.7 Å². The van der Waals surface area contributed by atoms with E-state index in [2.05, 4.69) is 5.10 Å². The number of nitrogens with one attached hydrogen (secondary N) is 1. The normalized spacial score (nSPS) is 22.1. The van der Waals surface area contributed by atoms with E-state index in [4.69, 9.17) is 4.74 Å². The fourth-order valence-corrected chi connectivity index (χ4v) is 5.09. The van der Waals surface area contributed by atoms with Gasteiger partial charge in [0.15, 0.2) is 5.88 Å². The SMILES string of the molecule is CCCc1[nH]n(C(C)(C)C)c(=O)c1C1C(O)C(c2c(C)c(C#N)c(=O)n(CCCOC)c2O)C1O. The molecule has 10 nitrogen and oxygen atoms in total. The quantitative estimate of drug-likeness (QED) is 0.411. The Hall–Kier alpha value is -2.87. The van der Waals surface area contributed by atoms with Crippen LogP contribution in [0.5, 0.6) is 5.88 Å². The predicted octanol–water partition coefficient (Wildman–Crippen LogP) is 1.57. The number of rotatable bonds is 8. The molecule has 2 aromatic rings. The Bertz CT molecular complexity index is 1230. The topological polar surface area (TPSA) is 154 Å². The average molecular weight is 489 g/mol. The number of aromatic hydroxyl groups is 1. The van der Waals surface area contributed by atoms with Crippen molar-refractivity contribution < 1.29 is 20.1 Å². The van der Waals surface area contributed by atoms with Crippen LogP contribution in [0.1, 0.15) is 80.3 Å². The van der Waals surface area contributed by atoms with Crippen LogP contribution in [0, 0.1) is 18.3 Å². The molecule has 0 saturated heterocycles. The average Bonchev–Trinajstić information content (AvgIpc) is 3.10. The number of H-pyrrole nitrogens is 1. The van der Waals surface area contributed by atoms with Crippen LogP contribution in [-0.2, 0) is 23.2 Å². The van der Waals surface area contributed by atoms with Crippen LogP contribution in [0.3, 0.4) is 0 Å². The summed E-state index contributed by atoms with van der Waals surface area (Å²) in [5.74, 6) is -2.22. The molecular weight excluding hydrogens is 452 g/mol. The first-order valence-corrected chi connectivity index (χ1v) is 12.0. The fraction of sp³-hybridized carbons (Fsp3) is 0.640. The lowest BCUT2D eigenvalue weighted by Gasteiger charge is -2.47. The second kappa shape index (κ2) is 10.0. The molecule has 0 radical (unpaired) electrons. The van der Waals surface area contributed by atoms with Crippen molar-refractivity contribution in [3.05, 3.63) is 48.7 Å². The van der Waals surface area contributed by atoms with Crippen LogP contribution < -0.4 is 11.1 Å². The molecule has 0 bridgehead atoms. The van der Waals surface area contributed by atoms with Crippen molar-refractivity contribution in [1.29, 1.82) is 5.26 Å². The zero-order chi connectivity index (χ0) is 26.2. The highest BCUT2D eigenvalue weighted by Gasteiger charge is 2.54. The van der Waals surface area contributed by atoms with Crippen molar-refractivity contribution >= 4 is 0 Å². The second-order valence-corrected chi connectivity index (χ2v) is 10.3. The number of pyridine rings is 1. The molecule has 1 fully saturated rings. The molecule has 2 atom stereocenters. The Kier molecular flexibility index (Phi) is 7.65. The van der Waals surface area contributed by atoms with Crippen molar-refractivity contribution in [2.45, 2.75) is 90.0 Å². The molecule has 1 saturated carbocycles. The number of hydrogen-bond donors (Lipinski definition) is 4. The van der Waals surface area contributed by atoms with Crippen LogP contribution in [0.4, 0.5) is 0 Å². The van der Waals surface area contributed by atoms with Gasteiger partial charge < -0.3 is 20.1 Å². The Morgan fingerprint density at radius 3 is 2.23 bits per heavy atom. The fourth-order valence-electron chi connectivity index (χ4n) is 5.09. The minimum Gasteiger partial charge on any atom is -0.494 e. The van der Waals surface area contributed by atoms with Crippen molar-refractivity contribution in [2.75, 3.05) is 13.7 Å². The summed E-state index contributed by atoms with van der Waals surface area (Å²) in [7, 11) is 1.52. The van der Waals surface area contributed by atoms with E-state index in [-0.39, 0.29) is 34.7 Å². The summed E-state index contributed by atoms with van der Waals surface area (Å²) in [5, 5.41) is 46.3. The van der Waals surface area contributed by atoms with Gasteiger partial charge in [-0.15, -0.1) is 0 Å². The van der Waals surface area contributed by atoms with Gasteiger partial charge in [-0.25, -0.2) is 4.68 Å². The summed E-state index contributed by atoms with van der Waals surface area (Å²) < 4.78 is 7.61. The molecule has 2 heterocycles. The lowest BCUT2D eigenvalue weighted by atomic mass is 9.62. The third kappa shape index (κ3) is 4.44. The van der Waals surface area contributed by atoms with E-state index in [1.807, 2.05) is 33.8 Å². The molecule has 10 heteroatoms. The molecule has 35 heavy (non-hydrogen) atoms. The molecule has 192 valence electrons. The van der Waals surface area contributed by atoms with E-state index < -0.39 is 35.1 Å². The van der Waals surface area contributed by atoms with Crippen LogP contribution in [-0.4, -0.2) is 55.6 Å². The van der Waals surface area contributed by atoms with Crippen LogP contribution in [0.2, 0.25) is 0 Å². The Labute approximate surface area is 204 Å². The maximum Gasteiger partial charge on any atom is 0.271 e. The number of aliphatic hydroxyl groups excluding tert-OH is 2. The highest BCUT2D eigenvalue weighted by atomic mass is 16.5. The monoisotopic (exact) mass is 488 g/mol. The smallest absolute Gasteiger partial charge is 0.271 e. The third-order valence-electron chi connectivity index (χ3n) is 6.89. The van der Waals surface area contributed by atoms with Gasteiger partial charge in [-0.2, -0.15) is 5.26 Å². The Morgan fingerprint density at radius 1 is 1.11 bits per heavy atom. The minimum absolute atomic E-state index is 0.109. The van der Waals surface area contributed by atoms with Crippen molar-refractivity contribution in [2.24, 2.45) is 0 Å². The van der Waals surface area contributed by atoms with Gasteiger partial charge in [0.25, 0.3) is 11.1 Å². The number of aromatic amines is 1. The van der Waals surface area contributed by atoms with Gasteiger partial charge in [0, 0.05) is 48.9 Å². The summed E-state index contributed by atoms with van der Waals surface area (Å²) in [6.45, 7) is 9.62. The molecule has 2 aromatic heterocycles. The highest BCUT2D eigenvalue weighted by Crippen LogP contribution is 2.51. The summed E-state index contributed by atoms with van der Waals surface area (Å²) >= 11 is 0. The minimum atomic E-state index is -1.20. The van der Waals surface area contributed by atoms with Gasteiger partial charge in [0.1, 0.15) is 11.6 Å². The summed E-state index contributed by atoms with van der Waals surface area (Å²) in [4.78, 5) is 26.1. The first kappa shape index (κ1) is 26.7. The lowest BCUT2D eigenvalue weighted by Crippen LogP contribution is -2.54. The molecule has 1 aliphatic carbocycles. The summed E-state index contributed by atoms with van der Waals surface area (Å²) in [6.07, 6.45) is -0.637. The molecule has 0 aliphatic heterocycles. The molecule has 3 rings (SSSR count). The third-order valence-corrected chi connectivity index (χ3v) is 6.89. The maximum atomic E-state index is 13.3. The van der Waals surface area contributed by atoms with E-state index in [0.29, 0.717) is 30.7 Å². The van der Waals surface area contributed by atoms with E-state index >= 15 is 0 Å². The molecule has 4 N–H and O–H groups in total. The predicted molar refractivity (Wildman–Crippen MR) is 130 cm³/mol. The molecule has 0 aromatic carbocycles. The van der Waals surface area contributed by atoms with Gasteiger partial charge in [-0.1, -0.05) is 13.3 Å². The number of aryl methyl sites for hydroxylation is 1. The largest absolute Gasteiger partial charge is 0.494 e. The molecule has 0 amide bonds. The first-order valence-electron chi connectivity index (χ1n) is 12.0. The van der Waals surface area contributed by atoms with E-state index in [9.17, 15) is 30.2 Å². The second-order valence-electron chi connectivity index (χ2n) is 10.3. The van der Waals surface area contributed by atoms with E-state index in [0.717, 1.165) is 11.0 Å². The number of aromatic nitrogens is 3. The highest BCUT2D eigenvalue weighted by molar-refractivity contribution is 5.51. The zero-order valence-corrected chi connectivity index (χ0v) is 21.3. The van der Waals surface area contributed by atoms with Crippen molar-refractivity contribution in [1.82, 2.24) is 14.3 Å². The molecule has 0 spiro atoms. The number of nitriles is 1. The number of nitrogens with zero attached hydrogens (tertiary/aromatic N) is 3. The van der Waals surface area contributed by atoms with Gasteiger partial charge in [-0.05, 0) is 46.1 Å². The number of aliphatic hydroxyl groups is 2.